The Labute approximate surface area is 117 Å². The summed E-state index contributed by atoms with van der Waals surface area (Å²) in [4.78, 5) is 11.5. The number of hydrogen-bond donors (Lipinski definition) is 0. The Balaban J connectivity index is 1.72. The highest BCUT2D eigenvalue weighted by molar-refractivity contribution is 5.72. The van der Waals surface area contributed by atoms with Crippen molar-refractivity contribution in [1.29, 1.82) is 0 Å². The lowest BCUT2D eigenvalue weighted by molar-refractivity contribution is -0.147. The topological polar surface area (TPSA) is 35.5 Å². The van der Waals surface area contributed by atoms with Crippen molar-refractivity contribution in [1.82, 2.24) is 0 Å². The van der Waals surface area contributed by atoms with Crippen LogP contribution in [0, 0.1) is 23.7 Å². The Bertz CT molecular complexity index is 274. The van der Waals surface area contributed by atoms with Crippen molar-refractivity contribution in [2.75, 3.05) is 20.8 Å². The van der Waals surface area contributed by atoms with Crippen LogP contribution in [0.2, 0.25) is 0 Å². The Morgan fingerprint density at radius 2 is 1.42 bits per heavy atom. The number of carbonyl (C=O) groups is 1. The van der Waals surface area contributed by atoms with Gasteiger partial charge in [-0.15, -0.1) is 0 Å². The quantitative estimate of drug-likeness (QED) is 0.733. The molecule has 0 spiro atoms. The predicted octanol–water partition coefficient (Wildman–Crippen LogP) is 3.42. The highest BCUT2D eigenvalue weighted by Crippen LogP contribution is 2.41. The predicted molar refractivity (Wildman–Crippen MR) is 74.8 cm³/mol. The first-order valence-electron chi connectivity index (χ1n) is 7.81. The molecule has 0 aromatic rings. The molecule has 110 valence electrons. The van der Waals surface area contributed by atoms with E-state index in [2.05, 4.69) is 0 Å². The lowest BCUT2D eigenvalue weighted by atomic mass is 9.69. The first kappa shape index (κ1) is 14.8. The highest BCUT2D eigenvalue weighted by Gasteiger charge is 2.33. The van der Waals surface area contributed by atoms with E-state index in [0.29, 0.717) is 0 Å². The van der Waals surface area contributed by atoms with Crippen molar-refractivity contribution in [3.63, 3.8) is 0 Å². The molecule has 2 fully saturated rings. The van der Waals surface area contributed by atoms with Gasteiger partial charge in [0.2, 0.25) is 0 Å². The smallest absolute Gasteiger partial charge is 0.308 e. The summed E-state index contributed by atoms with van der Waals surface area (Å²) in [5.41, 5.74) is 0. The third kappa shape index (κ3) is 3.95. The molecule has 2 rings (SSSR count). The van der Waals surface area contributed by atoms with Crippen LogP contribution in [0.3, 0.4) is 0 Å². The Kier molecular flexibility index (Phi) is 5.68. The van der Waals surface area contributed by atoms with Gasteiger partial charge in [-0.1, -0.05) is 0 Å². The number of methoxy groups -OCH3 is 2. The summed E-state index contributed by atoms with van der Waals surface area (Å²) in [6.45, 7) is 0.932. The normalized spacial score (nSPS) is 35.9. The Morgan fingerprint density at radius 3 is 1.89 bits per heavy atom. The summed E-state index contributed by atoms with van der Waals surface area (Å²) >= 11 is 0. The van der Waals surface area contributed by atoms with Crippen LogP contribution in [0.25, 0.3) is 0 Å². The molecule has 3 heteroatoms. The maximum Gasteiger partial charge on any atom is 0.308 e. The van der Waals surface area contributed by atoms with Crippen molar-refractivity contribution in [2.45, 2.75) is 51.4 Å². The molecule has 0 bridgehead atoms. The van der Waals surface area contributed by atoms with Crippen LogP contribution in [0.15, 0.2) is 0 Å². The van der Waals surface area contributed by atoms with Crippen molar-refractivity contribution in [3.05, 3.63) is 0 Å². The average molecular weight is 268 g/mol. The zero-order valence-corrected chi connectivity index (χ0v) is 12.4. The first-order valence-corrected chi connectivity index (χ1v) is 7.81. The fraction of sp³-hybridized carbons (Fsp3) is 0.938. The molecule has 2 aliphatic carbocycles. The molecule has 0 radical (unpaired) electrons. The average Bonchev–Trinajstić information content (AvgIpc) is 2.48. The van der Waals surface area contributed by atoms with Gasteiger partial charge in [-0.2, -0.15) is 0 Å². The molecule has 0 unspecified atom stereocenters. The van der Waals surface area contributed by atoms with E-state index >= 15 is 0 Å². The largest absolute Gasteiger partial charge is 0.469 e. The molecule has 19 heavy (non-hydrogen) atoms. The summed E-state index contributed by atoms with van der Waals surface area (Å²) in [7, 11) is 3.31. The van der Waals surface area contributed by atoms with Crippen LogP contribution in [0.4, 0.5) is 0 Å². The molecule has 0 aromatic carbocycles. The van der Waals surface area contributed by atoms with Gasteiger partial charge in [0.15, 0.2) is 0 Å². The van der Waals surface area contributed by atoms with Gasteiger partial charge in [0, 0.05) is 13.7 Å². The molecule has 3 nitrogen and oxygen atoms in total. The molecule has 0 atom stereocenters. The van der Waals surface area contributed by atoms with E-state index in [9.17, 15) is 4.79 Å². The summed E-state index contributed by atoms with van der Waals surface area (Å²) in [6, 6.07) is 0. The van der Waals surface area contributed by atoms with E-state index in [1.54, 1.807) is 7.11 Å². The van der Waals surface area contributed by atoms with Crippen molar-refractivity contribution < 1.29 is 14.3 Å². The third-order valence-corrected chi connectivity index (χ3v) is 5.27. The summed E-state index contributed by atoms with van der Waals surface area (Å²) in [5.74, 6) is 2.71. The summed E-state index contributed by atoms with van der Waals surface area (Å²) in [5, 5.41) is 0. The maximum absolute atomic E-state index is 11.5. The minimum atomic E-state index is 0.00209. The second-order valence-corrected chi connectivity index (χ2v) is 6.37. The highest BCUT2D eigenvalue weighted by atomic mass is 16.5. The van der Waals surface area contributed by atoms with Crippen molar-refractivity contribution in [2.24, 2.45) is 23.7 Å². The van der Waals surface area contributed by atoms with Gasteiger partial charge in [-0.3, -0.25) is 4.79 Å². The van der Waals surface area contributed by atoms with Gasteiger partial charge in [-0.25, -0.2) is 0 Å². The van der Waals surface area contributed by atoms with Gasteiger partial charge in [0.05, 0.1) is 13.0 Å². The lowest BCUT2D eigenvalue weighted by Crippen LogP contribution is -2.29. The zero-order chi connectivity index (χ0) is 13.7. The minimum absolute atomic E-state index is 0.00209. The van der Waals surface area contributed by atoms with Crippen LogP contribution in [-0.4, -0.2) is 26.8 Å². The first-order chi connectivity index (χ1) is 9.24. The van der Waals surface area contributed by atoms with E-state index in [-0.39, 0.29) is 11.9 Å². The lowest BCUT2D eigenvalue weighted by Gasteiger charge is -2.37. The molecule has 0 aromatic heterocycles. The molecule has 0 amide bonds. The molecular formula is C16H28O3. The van der Waals surface area contributed by atoms with Crippen LogP contribution in [-0.2, 0) is 14.3 Å². The van der Waals surface area contributed by atoms with Crippen molar-refractivity contribution in [3.8, 4) is 0 Å². The van der Waals surface area contributed by atoms with Gasteiger partial charge >= 0.3 is 5.97 Å². The Hall–Kier alpha value is -0.570. The fourth-order valence-electron chi connectivity index (χ4n) is 4.05. The van der Waals surface area contributed by atoms with E-state index in [1.165, 1.54) is 45.6 Å². The third-order valence-electron chi connectivity index (χ3n) is 5.27. The van der Waals surface area contributed by atoms with Crippen LogP contribution in [0.1, 0.15) is 51.4 Å². The molecular weight excluding hydrogens is 240 g/mol. The number of esters is 1. The maximum atomic E-state index is 11.5. The van der Waals surface area contributed by atoms with Crippen molar-refractivity contribution >= 4 is 5.97 Å². The molecule has 0 aliphatic heterocycles. The van der Waals surface area contributed by atoms with E-state index < -0.39 is 0 Å². The summed E-state index contributed by atoms with van der Waals surface area (Å²) in [6.07, 6.45) is 9.90. The number of rotatable bonds is 4. The monoisotopic (exact) mass is 268 g/mol. The van der Waals surface area contributed by atoms with E-state index in [4.69, 9.17) is 9.47 Å². The van der Waals surface area contributed by atoms with Gasteiger partial charge in [0.1, 0.15) is 0 Å². The molecule has 0 heterocycles. The summed E-state index contributed by atoms with van der Waals surface area (Å²) < 4.78 is 10.1. The number of ether oxygens (including phenoxy) is 2. The van der Waals surface area contributed by atoms with Crippen LogP contribution >= 0.6 is 0 Å². The second kappa shape index (κ2) is 7.28. The van der Waals surface area contributed by atoms with Crippen LogP contribution in [0.5, 0.6) is 0 Å². The SMILES string of the molecule is COC[C@H]1CC[C@H](C2CCC(C(=O)OC)CC2)CC1. The van der Waals surface area contributed by atoms with Crippen LogP contribution < -0.4 is 0 Å². The standard InChI is InChI=1S/C16H28O3/c1-18-11-12-3-5-13(6-4-12)14-7-9-15(10-8-14)16(17)19-2/h12-15H,3-11H2,1-2H3/t12-,13-,14?,15?. The minimum Gasteiger partial charge on any atom is -0.469 e. The van der Waals surface area contributed by atoms with Gasteiger partial charge < -0.3 is 9.47 Å². The fourth-order valence-corrected chi connectivity index (χ4v) is 4.05. The van der Waals surface area contributed by atoms with Gasteiger partial charge in [-0.05, 0) is 69.1 Å². The molecule has 0 N–H and O–H groups in total. The van der Waals surface area contributed by atoms with E-state index in [1.807, 2.05) is 0 Å². The van der Waals surface area contributed by atoms with E-state index in [0.717, 1.165) is 37.2 Å². The zero-order valence-electron chi connectivity index (χ0n) is 12.4. The Morgan fingerprint density at radius 1 is 0.895 bits per heavy atom. The number of hydrogen-bond acceptors (Lipinski definition) is 3. The number of carbonyl (C=O) groups excluding carboxylic acids is 1. The molecule has 0 saturated heterocycles. The molecule has 2 aliphatic rings. The second-order valence-electron chi connectivity index (χ2n) is 6.37. The van der Waals surface area contributed by atoms with Gasteiger partial charge in [0.25, 0.3) is 0 Å². The molecule has 2 saturated carbocycles.